The summed E-state index contributed by atoms with van der Waals surface area (Å²) >= 11 is 0. The summed E-state index contributed by atoms with van der Waals surface area (Å²) < 4.78 is 31.2. The first kappa shape index (κ1) is 17.4. The van der Waals surface area contributed by atoms with E-state index in [1.54, 1.807) is 7.05 Å². The van der Waals surface area contributed by atoms with Gasteiger partial charge in [0, 0.05) is 25.2 Å². The molecule has 0 spiro atoms. The molecule has 0 unspecified atom stereocenters. The minimum Gasteiger partial charge on any atom is -0.469 e. The number of sulfonamides is 1. The smallest absolute Gasteiger partial charge is 0.307 e. The number of hydrogen-bond donors (Lipinski definition) is 1. The fraction of sp³-hybridized carbons (Fsp3) is 0.467. The summed E-state index contributed by atoms with van der Waals surface area (Å²) in [6.07, 6.45) is 1.83. The van der Waals surface area contributed by atoms with Crippen LogP contribution in [-0.4, -0.2) is 51.9 Å². The Bertz CT molecular complexity index is 680. The van der Waals surface area contributed by atoms with Crippen LogP contribution in [0, 0.1) is 0 Å². The van der Waals surface area contributed by atoms with Crippen LogP contribution >= 0.6 is 0 Å². The highest BCUT2D eigenvalue weighted by molar-refractivity contribution is 7.89. The molecule has 23 heavy (non-hydrogen) atoms. The second kappa shape index (κ2) is 7.10. The predicted octanol–water partition coefficient (Wildman–Crippen LogP) is 0.762. The summed E-state index contributed by atoms with van der Waals surface area (Å²) in [4.78, 5) is 24.8. The second-order valence-corrected chi connectivity index (χ2v) is 7.19. The van der Waals surface area contributed by atoms with Gasteiger partial charge >= 0.3 is 5.97 Å². The molecule has 0 atom stereocenters. The van der Waals surface area contributed by atoms with Crippen molar-refractivity contribution in [2.75, 3.05) is 20.7 Å². The number of carbonyl (C=O) groups is 2. The summed E-state index contributed by atoms with van der Waals surface area (Å²) in [5.74, 6) is -0.676. The van der Waals surface area contributed by atoms with Crippen molar-refractivity contribution in [3.05, 3.63) is 29.8 Å². The predicted molar refractivity (Wildman–Crippen MR) is 83.4 cm³/mol. The Labute approximate surface area is 135 Å². The van der Waals surface area contributed by atoms with Gasteiger partial charge in [-0.3, -0.25) is 9.59 Å². The zero-order chi connectivity index (χ0) is 17.0. The van der Waals surface area contributed by atoms with Gasteiger partial charge in [-0.2, -0.15) is 0 Å². The van der Waals surface area contributed by atoms with E-state index >= 15 is 0 Å². The molecule has 2 rings (SSSR count). The average Bonchev–Trinajstić information content (AvgIpc) is 3.34. The molecule has 126 valence electrons. The van der Waals surface area contributed by atoms with E-state index in [0.29, 0.717) is 5.56 Å². The molecule has 7 nitrogen and oxygen atoms in total. The van der Waals surface area contributed by atoms with Gasteiger partial charge in [0.05, 0.1) is 18.4 Å². The van der Waals surface area contributed by atoms with Crippen molar-refractivity contribution < 1.29 is 22.7 Å². The molecule has 0 aromatic heterocycles. The molecule has 0 heterocycles. The van der Waals surface area contributed by atoms with Crippen LogP contribution in [-0.2, 0) is 19.6 Å². The van der Waals surface area contributed by atoms with E-state index in [1.807, 2.05) is 0 Å². The standard InChI is InChI=1S/C15H20N2O5S/c1-17(10-9-14(18)22-2)15(19)11-3-7-13(8-4-11)23(20,21)16-12-5-6-12/h3-4,7-8,12,16H,5-6,9-10H2,1-2H3. The van der Waals surface area contributed by atoms with Crippen LogP contribution < -0.4 is 4.72 Å². The molecule has 0 bridgehead atoms. The molecule has 0 saturated heterocycles. The minimum absolute atomic E-state index is 0.0331. The maximum atomic E-state index is 12.2. The van der Waals surface area contributed by atoms with Gasteiger partial charge in [-0.1, -0.05) is 0 Å². The largest absolute Gasteiger partial charge is 0.469 e. The number of rotatable bonds is 7. The minimum atomic E-state index is -3.52. The molecule has 1 aromatic carbocycles. The molecule has 0 radical (unpaired) electrons. The normalized spacial score (nSPS) is 14.3. The van der Waals surface area contributed by atoms with E-state index in [-0.39, 0.29) is 29.8 Å². The zero-order valence-corrected chi connectivity index (χ0v) is 13.9. The van der Waals surface area contributed by atoms with Crippen molar-refractivity contribution >= 4 is 21.9 Å². The lowest BCUT2D eigenvalue weighted by Gasteiger charge is -2.16. The molecule has 8 heteroatoms. The molecular weight excluding hydrogens is 320 g/mol. The first-order chi connectivity index (χ1) is 10.8. The van der Waals surface area contributed by atoms with Crippen LogP contribution in [0.5, 0.6) is 0 Å². The van der Waals surface area contributed by atoms with Crippen molar-refractivity contribution in [1.82, 2.24) is 9.62 Å². The van der Waals surface area contributed by atoms with Crippen molar-refractivity contribution in [3.63, 3.8) is 0 Å². The average molecular weight is 340 g/mol. The number of nitrogens with one attached hydrogen (secondary N) is 1. The Morgan fingerprint density at radius 1 is 1.26 bits per heavy atom. The second-order valence-electron chi connectivity index (χ2n) is 5.47. The molecule has 1 aromatic rings. The highest BCUT2D eigenvalue weighted by Gasteiger charge is 2.28. The first-order valence-corrected chi connectivity index (χ1v) is 8.76. The van der Waals surface area contributed by atoms with Crippen molar-refractivity contribution in [2.24, 2.45) is 0 Å². The van der Waals surface area contributed by atoms with Gasteiger partial charge in [0.2, 0.25) is 10.0 Å². The third kappa shape index (κ3) is 4.77. The number of methoxy groups -OCH3 is 1. The third-order valence-corrected chi connectivity index (χ3v) is 5.07. The Balaban J connectivity index is 2.00. The molecule has 1 saturated carbocycles. The molecule has 1 N–H and O–H groups in total. The van der Waals surface area contributed by atoms with Crippen LogP contribution in [0.4, 0.5) is 0 Å². The van der Waals surface area contributed by atoms with E-state index < -0.39 is 16.0 Å². The van der Waals surface area contributed by atoms with Crippen molar-refractivity contribution in [3.8, 4) is 0 Å². The van der Waals surface area contributed by atoms with Gasteiger partial charge in [-0.25, -0.2) is 13.1 Å². The van der Waals surface area contributed by atoms with Crippen molar-refractivity contribution in [1.29, 1.82) is 0 Å². The van der Waals surface area contributed by atoms with Gasteiger partial charge < -0.3 is 9.64 Å². The van der Waals surface area contributed by atoms with Crippen LogP contribution in [0.2, 0.25) is 0 Å². The molecule has 1 fully saturated rings. The molecule has 1 amide bonds. The maximum Gasteiger partial charge on any atom is 0.307 e. The van der Waals surface area contributed by atoms with E-state index in [2.05, 4.69) is 9.46 Å². The summed E-state index contributed by atoms with van der Waals surface area (Å²) in [7, 11) is -0.656. The van der Waals surface area contributed by atoms with E-state index in [9.17, 15) is 18.0 Å². The van der Waals surface area contributed by atoms with Gasteiger partial charge in [0.25, 0.3) is 5.91 Å². The molecule has 0 aliphatic heterocycles. The van der Waals surface area contributed by atoms with Crippen LogP contribution in [0.25, 0.3) is 0 Å². The number of amides is 1. The summed E-state index contributed by atoms with van der Waals surface area (Å²) in [5.41, 5.74) is 0.364. The van der Waals surface area contributed by atoms with Gasteiger partial charge in [0.15, 0.2) is 0 Å². The Kier molecular flexibility index (Phi) is 5.38. The highest BCUT2D eigenvalue weighted by Crippen LogP contribution is 2.22. The van der Waals surface area contributed by atoms with Crippen LogP contribution in [0.1, 0.15) is 29.6 Å². The van der Waals surface area contributed by atoms with Crippen LogP contribution in [0.15, 0.2) is 29.2 Å². The quantitative estimate of drug-likeness (QED) is 0.740. The third-order valence-electron chi connectivity index (χ3n) is 3.54. The van der Waals surface area contributed by atoms with Gasteiger partial charge in [0.1, 0.15) is 0 Å². The van der Waals surface area contributed by atoms with E-state index in [0.717, 1.165) is 12.8 Å². The fourth-order valence-corrected chi connectivity index (χ4v) is 3.25. The lowest BCUT2D eigenvalue weighted by atomic mass is 10.2. The lowest BCUT2D eigenvalue weighted by molar-refractivity contribution is -0.140. The Hall–Kier alpha value is -1.93. The highest BCUT2D eigenvalue weighted by atomic mass is 32.2. The number of esters is 1. The number of benzene rings is 1. The number of carbonyl (C=O) groups excluding carboxylic acids is 2. The number of hydrogen-bond acceptors (Lipinski definition) is 5. The topological polar surface area (TPSA) is 92.8 Å². The number of ether oxygens (including phenoxy) is 1. The summed E-state index contributed by atoms with van der Waals surface area (Å²) in [6.45, 7) is 0.231. The van der Waals surface area contributed by atoms with E-state index in [1.165, 1.54) is 36.3 Å². The Morgan fingerprint density at radius 2 is 1.87 bits per heavy atom. The monoisotopic (exact) mass is 340 g/mol. The number of nitrogens with zero attached hydrogens (tertiary/aromatic N) is 1. The molecule has 1 aliphatic carbocycles. The fourth-order valence-electron chi connectivity index (χ4n) is 1.95. The zero-order valence-electron chi connectivity index (χ0n) is 13.1. The van der Waals surface area contributed by atoms with Gasteiger partial charge in [-0.15, -0.1) is 0 Å². The van der Waals surface area contributed by atoms with Crippen molar-refractivity contribution in [2.45, 2.75) is 30.2 Å². The summed E-state index contributed by atoms with van der Waals surface area (Å²) in [6, 6.07) is 5.79. The molecular formula is C15H20N2O5S. The Morgan fingerprint density at radius 3 is 2.39 bits per heavy atom. The van der Waals surface area contributed by atoms with Crippen LogP contribution in [0.3, 0.4) is 0 Å². The molecule has 1 aliphatic rings. The lowest BCUT2D eigenvalue weighted by Crippen LogP contribution is -2.29. The van der Waals surface area contributed by atoms with Gasteiger partial charge in [-0.05, 0) is 37.1 Å². The summed E-state index contributed by atoms with van der Waals surface area (Å²) in [5, 5.41) is 0. The maximum absolute atomic E-state index is 12.2. The SMILES string of the molecule is COC(=O)CCN(C)C(=O)c1ccc(S(=O)(=O)NC2CC2)cc1. The van der Waals surface area contributed by atoms with E-state index in [4.69, 9.17) is 0 Å². The first-order valence-electron chi connectivity index (χ1n) is 7.28.